The van der Waals surface area contributed by atoms with Crippen molar-refractivity contribution in [3.63, 3.8) is 0 Å². The molecule has 4 rings (SSSR count). The van der Waals surface area contributed by atoms with E-state index in [0.717, 1.165) is 23.7 Å². The fourth-order valence-corrected chi connectivity index (χ4v) is 6.43. The summed E-state index contributed by atoms with van der Waals surface area (Å²) in [6, 6.07) is 13.9. The van der Waals surface area contributed by atoms with E-state index in [9.17, 15) is 35.6 Å². The number of alkyl halides is 4. The molecule has 1 aliphatic rings. The number of amides is 1. The zero-order valence-corrected chi connectivity index (χ0v) is 25.0. The number of hydrogen-bond donors (Lipinski definition) is 2. The molecule has 3 atom stereocenters. The Kier molecular flexibility index (Phi) is 10.2. The van der Waals surface area contributed by atoms with Gasteiger partial charge in [-0.15, -0.1) is 0 Å². The molecule has 0 aliphatic carbocycles. The summed E-state index contributed by atoms with van der Waals surface area (Å²) in [4.78, 5) is 30.3. The van der Waals surface area contributed by atoms with Crippen molar-refractivity contribution >= 4 is 21.7 Å². The van der Waals surface area contributed by atoms with Crippen molar-refractivity contribution in [2.75, 3.05) is 13.1 Å². The van der Waals surface area contributed by atoms with Gasteiger partial charge in [-0.3, -0.25) is 14.9 Å². The fourth-order valence-electron chi connectivity index (χ4n) is 5.05. The fraction of sp³-hybridized carbons (Fsp3) is 0.387. The third kappa shape index (κ3) is 8.48. The van der Waals surface area contributed by atoms with Crippen molar-refractivity contribution < 1.29 is 35.6 Å². The van der Waals surface area contributed by atoms with Crippen molar-refractivity contribution in [3.8, 4) is 11.1 Å². The topological polar surface area (TPSA) is 108 Å². The first kappa shape index (κ1) is 33.2. The molecular formula is C31H34F4N4O4S. The zero-order valence-electron chi connectivity index (χ0n) is 24.2. The summed E-state index contributed by atoms with van der Waals surface area (Å²) < 4.78 is 84.8. The van der Waals surface area contributed by atoms with Gasteiger partial charge < -0.3 is 5.32 Å². The van der Waals surface area contributed by atoms with Crippen LogP contribution in [0.5, 0.6) is 0 Å². The van der Waals surface area contributed by atoms with Crippen LogP contribution < -0.4 is 10.6 Å². The largest absolute Gasteiger partial charge is 0.407 e. The molecule has 0 radical (unpaired) electrons. The monoisotopic (exact) mass is 634 g/mol. The minimum atomic E-state index is -4.84. The first-order chi connectivity index (χ1) is 20.6. The van der Waals surface area contributed by atoms with Gasteiger partial charge in [0.2, 0.25) is 5.91 Å². The first-order valence-corrected chi connectivity index (χ1v) is 15.5. The number of ketones is 1. The van der Waals surface area contributed by atoms with Crippen LogP contribution in [0.4, 0.5) is 17.6 Å². The standard InChI is InChI=1S/C31H34F4N4O4S/c1-30(2,32)19-25(37-28(31(33,34)35)23-15-13-22(14-16-23)21-9-4-3-5-10-21)29(41)38-24-11-8-18-39(20-26(24)40)44(42,43)27-12-6-7-17-36-27/h3-7,9-10,12-17,24-25,28,37H,8,11,18-20H2,1-2H3,(H,38,41)/t24?,25-,28-/m0/s1. The van der Waals surface area contributed by atoms with E-state index in [1.54, 1.807) is 18.2 Å². The van der Waals surface area contributed by atoms with Crippen LogP contribution in [0, 0.1) is 0 Å². The van der Waals surface area contributed by atoms with Crippen molar-refractivity contribution in [2.45, 2.75) is 68.1 Å². The zero-order chi connectivity index (χ0) is 32.1. The smallest absolute Gasteiger partial charge is 0.345 e. The van der Waals surface area contributed by atoms with Gasteiger partial charge in [0.05, 0.1) is 18.6 Å². The van der Waals surface area contributed by atoms with E-state index in [4.69, 9.17) is 0 Å². The number of Topliss-reactive ketones (excluding diaryl/α,β-unsaturated/α-hetero) is 1. The van der Waals surface area contributed by atoms with Crippen molar-refractivity contribution in [2.24, 2.45) is 0 Å². The van der Waals surface area contributed by atoms with Gasteiger partial charge in [-0.05, 0) is 55.5 Å². The van der Waals surface area contributed by atoms with Crippen molar-refractivity contribution in [1.82, 2.24) is 19.9 Å². The molecule has 8 nitrogen and oxygen atoms in total. The SMILES string of the molecule is CC(C)(F)C[C@H](N[C@@H](c1ccc(-c2ccccc2)cc1)C(F)(F)F)C(=O)NC1CCCN(S(=O)(=O)c2ccccn2)CC1=O. The Labute approximate surface area is 253 Å². The minimum absolute atomic E-state index is 0.0225. The average Bonchev–Trinajstić information content (AvgIpc) is 3.16. The van der Waals surface area contributed by atoms with Crippen molar-refractivity contribution in [1.29, 1.82) is 0 Å². The molecule has 2 N–H and O–H groups in total. The molecule has 1 unspecified atom stereocenters. The van der Waals surface area contributed by atoms with Crippen LogP contribution >= 0.6 is 0 Å². The maximum atomic E-state index is 14.8. The average molecular weight is 635 g/mol. The molecule has 2 heterocycles. The summed E-state index contributed by atoms with van der Waals surface area (Å²) in [7, 11) is -4.09. The van der Waals surface area contributed by atoms with E-state index >= 15 is 0 Å². The van der Waals surface area contributed by atoms with Crippen LogP contribution in [0.1, 0.15) is 44.7 Å². The van der Waals surface area contributed by atoms with E-state index in [1.165, 1.54) is 42.6 Å². The Morgan fingerprint density at radius 3 is 2.20 bits per heavy atom. The molecule has 44 heavy (non-hydrogen) atoms. The summed E-state index contributed by atoms with van der Waals surface area (Å²) in [5, 5.41) is 4.52. The molecule has 2 aromatic carbocycles. The van der Waals surface area contributed by atoms with Crippen LogP contribution in [-0.2, 0) is 19.6 Å². The van der Waals surface area contributed by atoms with Gasteiger partial charge in [-0.25, -0.2) is 17.8 Å². The lowest BCUT2D eigenvalue weighted by atomic mass is 9.96. The molecule has 0 saturated carbocycles. The molecule has 0 bridgehead atoms. The predicted octanol–water partition coefficient (Wildman–Crippen LogP) is 4.99. The van der Waals surface area contributed by atoms with Gasteiger partial charge in [0, 0.05) is 19.2 Å². The Hall–Kier alpha value is -3.68. The summed E-state index contributed by atoms with van der Waals surface area (Å²) in [5.41, 5.74) is -0.706. The van der Waals surface area contributed by atoms with E-state index in [-0.39, 0.29) is 30.0 Å². The predicted molar refractivity (Wildman–Crippen MR) is 157 cm³/mol. The Morgan fingerprint density at radius 1 is 0.977 bits per heavy atom. The second-order valence-electron chi connectivity index (χ2n) is 11.3. The Bertz CT molecular complexity index is 1530. The van der Waals surface area contributed by atoms with Gasteiger partial charge in [-0.2, -0.15) is 17.5 Å². The van der Waals surface area contributed by atoms with E-state index < -0.39 is 64.6 Å². The summed E-state index contributed by atoms with van der Waals surface area (Å²) in [5.74, 6) is -1.64. The number of benzene rings is 2. The highest BCUT2D eigenvalue weighted by molar-refractivity contribution is 7.89. The van der Waals surface area contributed by atoms with Crippen molar-refractivity contribution in [3.05, 3.63) is 84.6 Å². The van der Waals surface area contributed by atoms with Crippen LogP contribution in [0.15, 0.2) is 84.0 Å². The normalized spacial score (nSPS) is 18.3. The second kappa shape index (κ2) is 13.5. The number of aromatic nitrogens is 1. The second-order valence-corrected chi connectivity index (χ2v) is 13.2. The third-order valence-electron chi connectivity index (χ3n) is 7.23. The van der Waals surface area contributed by atoms with E-state index in [1.807, 2.05) is 18.2 Å². The molecule has 1 aliphatic heterocycles. The molecule has 13 heteroatoms. The highest BCUT2D eigenvalue weighted by Crippen LogP contribution is 2.35. The maximum absolute atomic E-state index is 14.8. The summed E-state index contributed by atoms with van der Waals surface area (Å²) >= 11 is 0. The van der Waals surface area contributed by atoms with Gasteiger partial charge in [-0.1, -0.05) is 60.7 Å². The number of rotatable bonds is 10. The quantitative estimate of drug-likeness (QED) is 0.305. The van der Waals surface area contributed by atoms with Crippen LogP contribution in [0.2, 0.25) is 0 Å². The first-order valence-electron chi connectivity index (χ1n) is 14.1. The molecule has 0 spiro atoms. The lowest BCUT2D eigenvalue weighted by Gasteiger charge is -2.31. The summed E-state index contributed by atoms with van der Waals surface area (Å²) in [6.45, 7) is 1.70. The molecule has 236 valence electrons. The molecule has 1 aromatic heterocycles. The lowest BCUT2D eigenvalue weighted by Crippen LogP contribution is -2.54. The Morgan fingerprint density at radius 2 is 1.61 bits per heavy atom. The third-order valence-corrected chi connectivity index (χ3v) is 8.99. The molecule has 1 saturated heterocycles. The number of sulfonamides is 1. The van der Waals surface area contributed by atoms with E-state index in [0.29, 0.717) is 5.56 Å². The number of pyridine rings is 1. The number of nitrogens with one attached hydrogen (secondary N) is 2. The Balaban J connectivity index is 1.52. The number of carbonyl (C=O) groups excluding carboxylic acids is 2. The van der Waals surface area contributed by atoms with E-state index in [2.05, 4.69) is 15.6 Å². The van der Waals surface area contributed by atoms with Crippen LogP contribution in [0.3, 0.4) is 0 Å². The van der Waals surface area contributed by atoms with Gasteiger partial charge in [0.15, 0.2) is 10.8 Å². The number of carbonyl (C=O) groups is 2. The molecule has 1 amide bonds. The minimum Gasteiger partial charge on any atom is -0.345 e. The lowest BCUT2D eigenvalue weighted by molar-refractivity contribution is -0.161. The molecule has 1 fully saturated rings. The van der Waals surface area contributed by atoms with Crippen LogP contribution in [0.25, 0.3) is 11.1 Å². The highest BCUT2D eigenvalue weighted by Gasteiger charge is 2.44. The number of nitrogens with zero attached hydrogens (tertiary/aromatic N) is 2. The molecular weight excluding hydrogens is 600 g/mol. The van der Waals surface area contributed by atoms with Gasteiger partial charge >= 0.3 is 6.18 Å². The summed E-state index contributed by atoms with van der Waals surface area (Å²) in [6.07, 6.45) is -3.91. The molecule has 3 aromatic rings. The maximum Gasteiger partial charge on any atom is 0.407 e. The van der Waals surface area contributed by atoms with Gasteiger partial charge in [0.25, 0.3) is 10.0 Å². The highest BCUT2D eigenvalue weighted by atomic mass is 32.2. The number of hydrogen-bond acceptors (Lipinski definition) is 6. The van der Waals surface area contributed by atoms with Crippen LogP contribution in [-0.4, -0.2) is 66.4 Å². The van der Waals surface area contributed by atoms with Gasteiger partial charge in [0.1, 0.15) is 11.7 Å². The number of halogens is 4.